The van der Waals surface area contributed by atoms with Gasteiger partial charge in [0, 0.05) is 50.2 Å². The van der Waals surface area contributed by atoms with Crippen molar-refractivity contribution in [3.8, 4) is 11.5 Å². The summed E-state index contributed by atoms with van der Waals surface area (Å²) in [5.41, 5.74) is 4.93. The highest BCUT2D eigenvalue weighted by Crippen LogP contribution is 2.38. The van der Waals surface area contributed by atoms with Gasteiger partial charge in [0.15, 0.2) is 0 Å². The minimum absolute atomic E-state index is 0.0222. The van der Waals surface area contributed by atoms with Gasteiger partial charge in [-0.15, -0.1) is 10.2 Å². The van der Waals surface area contributed by atoms with Crippen LogP contribution in [0.25, 0.3) is 0 Å². The lowest BCUT2D eigenvalue weighted by molar-refractivity contribution is -0.144. The first-order valence-corrected chi connectivity index (χ1v) is 37.1. The van der Waals surface area contributed by atoms with Gasteiger partial charge in [0.2, 0.25) is 29.5 Å². The van der Waals surface area contributed by atoms with Gasteiger partial charge in [-0.25, -0.2) is 14.2 Å². The number of Topliss-reactive ketones (excluding diaryl/α,β-unsaturated/α-hetero) is 1. The number of aliphatic carboxylic acids is 2. The molecule has 6 aromatic carbocycles. The highest BCUT2D eigenvalue weighted by atomic mass is 16.5. The van der Waals surface area contributed by atoms with E-state index in [4.69, 9.17) is 9.47 Å². The molecule has 566 valence electrons. The number of aryl methyl sites for hydroxylation is 2. The van der Waals surface area contributed by atoms with E-state index in [9.17, 15) is 34.2 Å². The first-order valence-electron chi connectivity index (χ1n) is 37.1. The van der Waals surface area contributed by atoms with Crippen LogP contribution < -0.4 is 36.1 Å². The van der Waals surface area contributed by atoms with Gasteiger partial charge in [0.1, 0.15) is 72.1 Å². The topological polar surface area (TPSA) is 341 Å². The maximum Gasteiger partial charge on any atom is 0.326 e. The van der Waals surface area contributed by atoms with Crippen LogP contribution in [-0.2, 0) is 82.0 Å². The van der Waals surface area contributed by atoms with E-state index in [-0.39, 0.29) is 87.8 Å². The van der Waals surface area contributed by atoms with Gasteiger partial charge in [-0.2, -0.15) is 0 Å². The molecule has 6 amide bonds. The number of rotatable bonds is 18. The lowest BCUT2D eigenvalue weighted by Gasteiger charge is -2.34. The van der Waals surface area contributed by atoms with Crippen LogP contribution in [0, 0.1) is 23.7 Å². The quantitative estimate of drug-likeness (QED) is 0.0426. The van der Waals surface area contributed by atoms with Crippen LogP contribution in [0.5, 0.6) is 11.5 Å². The second kappa shape index (κ2) is 36.7. The first-order chi connectivity index (χ1) is 52.2. The minimum Gasteiger partial charge on any atom is -0.487 e. The summed E-state index contributed by atoms with van der Waals surface area (Å²) >= 11 is 0. The monoisotopic (exact) mass is 1470 g/mol. The number of carbonyl (C=O) groups excluding carboxylic acids is 7. The Bertz CT molecular complexity index is 4380. The van der Waals surface area contributed by atoms with Gasteiger partial charge >= 0.3 is 11.9 Å². The molecule has 2 saturated heterocycles. The molecule has 2 aromatic heterocycles. The van der Waals surface area contributed by atoms with Gasteiger partial charge in [-0.1, -0.05) is 177 Å². The van der Waals surface area contributed by atoms with Crippen molar-refractivity contribution in [2.75, 3.05) is 20.1 Å². The number of carboxylic acid groups (broad SMARTS) is 2. The molecule has 6 aliphatic heterocycles. The summed E-state index contributed by atoms with van der Waals surface area (Å²) in [7, 11) is 1.61. The second-order valence-electron chi connectivity index (χ2n) is 28.6. The van der Waals surface area contributed by atoms with Crippen LogP contribution >= 0.6 is 0 Å². The Hall–Kier alpha value is -11.4. The molecular formula is C82H95N13O13. The van der Waals surface area contributed by atoms with E-state index in [1.165, 1.54) is 9.58 Å². The van der Waals surface area contributed by atoms with E-state index < -0.39 is 102 Å². The summed E-state index contributed by atoms with van der Waals surface area (Å²) in [4.78, 5) is 133. The summed E-state index contributed by atoms with van der Waals surface area (Å²) < 4.78 is 15.7. The number of nitrogens with zero attached hydrogens (tertiary/aromatic N) is 8. The molecule has 12 bridgehead atoms. The molecule has 108 heavy (non-hydrogen) atoms. The van der Waals surface area contributed by atoms with Crippen molar-refractivity contribution in [3.63, 3.8) is 0 Å². The Morgan fingerprint density at radius 3 is 1.57 bits per heavy atom. The number of ether oxygens (including phenoxy) is 2. The zero-order valence-corrected chi connectivity index (χ0v) is 61.4. The second-order valence-corrected chi connectivity index (χ2v) is 28.6. The number of benzene rings is 6. The van der Waals surface area contributed by atoms with E-state index in [1.54, 1.807) is 115 Å². The smallest absolute Gasteiger partial charge is 0.326 e. The fourth-order valence-corrected chi connectivity index (χ4v) is 14.4. The van der Waals surface area contributed by atoms with Gasteiger partial charge < -0.3 is 56.1 Å². The number of carboxylic acids is 2. The normalized spacial score (nSPS) is 22.2. The number of carbonyl (C=O) groups is 9. The number of amides is 6. The third-order valence-electron chi connectivity index (χ3n) is 21.1. The van der Waals surface area contributed by atoms with E-state index in [0.29, 0.717) is 83.7 Å². The third-order valence-corrected chi connectivity index (χ3v) is 21.1. The van der Waals surface area contributed by atoms with Gasteiger partial charge in [-0.05, 0) is 129 Å². The molecule has 0 spiro atoms. The molecule has 7 N–H and O–H groups in total. The molecule has 0 saturated carbocycles. The molecule has 26 nitrogen and oxygen atoms in total. The molecule has 0 aliphatic carbocycles. The summed E-state index contributed by atoms with van der Waals surface area (Å²) in [6, 6.07) is 41.7. The molecule has 6 aliphatic rings. The molecule has 2 fully saturated rings. The molecular weight excluding hydrogens is 1370 g/mol. The van der Waals surface area contributed by atoms with Crippen molar-refractivity contribution in [2.45, 2.75) is 166 Å². The number of ketones is 1. The van der Waals surface area contributed by atoms with Crippen molar-refractivity contribution < 1.29 is 62.8 Å². The lowest BCUT2D eigenvalue weighted by atomic mass is 9.80. The minimum atomic E-state index is -1.47. The standard InChI is InChI=1S/C82H95N13O13/c1-6-51(2)75(97)86-73(58-23-15-9-16-24-58)79(101)92-47-64-43-70(92)52(3)39-60(33-27-54-19-11-7-12-20-54)72(96)42-61(81(103)104)40-56-28-34-66(35-29-56)107-50-63-46-95(91-89-63)65-44-71(93(48-65)80(102)74(59-25-17-10-18-26-59)87-76(98)53(4)83-5)78(100)84-68(38-32-55-21-13-8-14-22-55)77(99)85-69(82(105)106)41-57-30-36-67(37-31-57)108-49-62-45-94(64)90-88-62/h7-26,28-31,34-37,45-46,51-53,60-61,64-65,68-71,73-74,83H,6,27,32-33,38-44,47-50H2,1-5H3,(H,84,100)(H,85,99)(H,86,97)(H,87,98)(H,103,104)(H,105,106)/t51-,52?,53+,60-,61-,64+,65+,68+,69+,70+,71+,73+,74+/m1/s1. The average Bonchev–Trinajstić information content (AvgIpc) is 1.63. The number of hydrogen-bond acceptors (Lipinski definition) is 16. The third kappa shape index (κ3) is 20.2. The Kier molecular flexibility index (Phi) is 26.4. The Labute approximate surface area is 627 Å². The van der Waals surface area contributed by atoms with Crippen molar-refractivity contribution >= 4 is 53.2 Å². The van der Waals surface area contributed by atoms with Crippen molar-refractivity contribution in [1.82, 2.24) is 66.4 Å². The predicted octanol–water partition coefficient (Wildman–Crippen LogP) is 8.10. The van der Waals surface area contributed by atoms with Gasteiger partial charge in [0.25, 0.3) is 5.91 Å². The van der Waals surface area contributed by atoms with Crippen LogP contribution in [0.15, 0.2) is 182 Å². The molecule has 8 aromatic rings. The number of hydrogen-bond donors (Lipinski definition) is 7. The summed E-state index contributed by atoms with van der Waals surface area (Å²) in [5.74, 6) is -7.46. The van der Waals surface area contributed by atoms with E-state index in [0.717, 1.165) is 11.1 Å². The Morgan fingerprint density at radius 1 is 0.565 bits per heavy atom. The lowest BCUT2D eigenvalue weighted by Crippen LogP contribution is -2.56. The van der Waals surface area contributed by atoms with E-state index in [2.05, 4.69) is 47.2 Å². The first kappa shape index (κ1) is 77.7. The summed E-state index contributed by atoms with van der Waals surface area (Å²) in [6.07, 6.45) is 5.52. The largest absolute Gasteiger partial charge is 0.487 e. The predicted molar refractivity (Wildman–Crippen MR) is 399 cm³/mol. The Morgan fingerprint density at radius 2 is 1.06 bits per heavy atom. The van der Waals surface area contributed by atoms with Crippen LogP contribution in [0.4, 0.5) is 0 Å². The highest BCUT2D eigenvalue weighted by molar-refractivity contribution is 5.96. The van der Waals surface area contributed by atoms with Gasteiger partial charge in [0.05, 0.1) is 36.4 Å². The van der Waals surface area contributed by atoms with Crippen molar-refractivity contribution in [3.05, 3.63) is 227 Å². The average molecular weight is 1470 g/mol. The molecule has 26 heteroatoms. The Balaban J connectivity index is 0.904. The number of nitrogens with one attached hydrogen (secondary N) is 5. The van der Waals surface area contributed by atoms with Crippen LogP contribution in [0.1, 0.15) is 142 Å². The maximum absolute atomic E-state index is 15.5. The number of aromatic nitrogens is 6. The fourth-order valence-electron chi connectivity index (χ4n) is 14.4. The van der Waals surface area contributed by atoms with Crippen molar-refractivity contribution in [2.24, 2.45) is 23.7 Å². The molecule has 0 radical (unpaired) electrons. The highest BCUT2D eigenvalue weighted by Gasteiger charge is 2.47. The van der Waals surface area contributed by atoms with E-state index in [1.807, 2.05) is 112 Å². The fraction of sp³-hybridized carbons (Fsp3) is 0.402. The zero-order chi connectivity index (χ0) is 76.4. The SMILES string of the molecule is CC[C@@H](C)C(=O)N[C@H](C(=O)N1C[C@@H]2C[C@H]1C(C)C[C@@H](CCc1ccccc1)C(=O)C[C@H](C(=O)O)Cc1ccc(cc1)OCc1cn(nn1)[C@H]1C[C@@H](C(=O)N[C@@H](CCc3ccccc3)C(=O)N[C@H](C(=O)O)Cc3ccc(cc3)OCc3cn2nn3)N(C(=O)[C@@H](NC(=O)[C@H](C)NC)c2ccccc2)C1)c1ccccc1. The number of likely N-dealkylation sites (N-methyl/N-ethyl adjacent to an activating group) is 1. The summed E-state index contributed by atoms with van der Waals surface area (Å²) in [5, 5.41) is 53.9. The molecule has 13 atom stereocenters. The number of likely N-dealkylation sites (tertiary alicyclic amines) is 2. The molecule has 1 unspecified atom stereocenters. The maximum atomic E-state index is 15.5. The summed E-state index contributed by atoms with van der Waals surface area (Å²) in [6.45, 7) is 7.35. The van der Waals surface area contributed by atoms with Crippen molar-refractivity contribution in [1.29, 1.82) is 0 Å². The zero-order valence-electron chi connectivity index (χ0n) is 61.4. The molecule has 8 heterocycles. The van der Waals surface area contributed by atoms with Crippen LogP contribution in [0.3, 0.4) is 0 Å². The molecule has 14 rings (SSSR count). The van der Waals surface area contributed by atoms with Crippen LogP contribution in [0.2, 0.25) is 0 Å². The van der Waals surface area contributed by atoms with E-state index >= 15 is 19.2 Å². The van der Waals surface area contributed by atoms with Gasteiger partial charge in [-0.3, -0.25) is 38.4 Å². The van der Waals surface area contributed by atoms with Crippen LogP contribution in [-0.4, -0.2) is 154 Å².